The molecule has 3 N–H and O–H groups in total. The van der Waals surface area contributed by atoms with E-state index >= 15 is 0 Å². The van der Waals surface area contributed by atoms with Crippen LogP contribution in [0.1, 0.15) is 25.0 Å². The van der Waals surface area contributed by atoms with Gasteiger partial charge in [-0.25, -0.2) is 0 Å². The zero-order chi connectivity index (χ0) is 21.4. The maximum Gasteiger partial charge on any atom is 0.241 e. The van der Waals surface area contributed by atoms with Crippen LogP contribution in [0.25, 0.3) is 5.57 Å². The molecule has 0 spiro atoms. The van der Waals surface area contributed by atoms with Crippen LogP contribution in [0.2, 0.25) is 0 Å². The predicted molar refractivity (Wildman–Crippen MR) is 119 cm³/mol. The van der Waals surface area contributed by atoms with E-state index < -0.39 is 6.04 Å². The van der Waals surface area contributed by atoms with Crippen LogP contribution in [0.15, 0.2) is 42.5 Å². The van der Waals surface area contributed by atoms with E-state index in [4.69, 9.17) is 19.9 Å². The van der Waals surface area contributed by atoms with Crippen LogP contribution in [0.4, 0.5) is 5.69 Å². The molecule has 1 unspecified atom stereocenters. The maximum atomic E-state index is 12.1. The second-order valence-corrected chi connectivity index (χ2v) is 6.18. The summed E-state index contributed by atoms with van der Waals surface area (Å²) in [7, 11) is 3.08. The molecule has 1 atom stereocenters. The zero-order valence-corrected chi connectivity index (χ0v) is 18.2. The molecule has 2 rings (SSSR count). The van der Waals surface area contributed by atoms with Crippen LogP contribution in [-0.4, -0.2) is 32.8 Å². The van der Waals surface area contributed by atoms with Crippen molar-refractivity contribution in [3.63, 3.8) is 0 Å². The number of nitriles is 1. The summed E-state index contributed by atoms with van der Waals surface area (Å²) >= 11 is 0. The highest BCUT2D eigenvalue weighted by atomic mass is 35.5. The van der Waals surface area contributed by atoms with E-state index in [1.54, 1.807) is 32.2 Å². The number of allylic oxidation sites excluding steroid dienone is 1. The van der Waals surface area contributed by atoms with Gasteiger partial charge in [-0.2, -0.15) is 5.26 Å². The number of amides is 1. The van der Waals surface area contributed by atoms with E-state index in [1.807, 2.05) is 25.1 Å². The molecule has 8 heteroatoms. The maximum absolute atomic E-state index is 12.1. The van der Waals surface area contributed by atoms with Crippen molar-refractivity contribution < 1.29 is 19.0 Å². The summed E-state index contributed by atoms with van der Waals surface area (Å²) in [5.74, 6) is 1.33. The van der Waals surface area contributed by atoms with Gasteiger partial charge in [-0.15, -0.1) is 12.4 Å². The van der Waals surface area contributed by atoms with Crippen LogP contribution >= 0.6 is 12.4 Å². The fraction of sp³-hybridized carbons (Fsp3) is 0.273. The number of carbonyl (C=O) groups excluding carboxylic acids is 1. The summed E-state index contributed by atoms with van der Waals surface area (Å²) in [5, 5.41) is 12.1. The Hall–Kier alpha value is -3.21. The molecule has 0 bridgehead atoms. The van der Waals surface area contributed by atoms with Crippen molar-refractivity contribution in [3.05, 3.63) is 53.6 Å². The summed E-state index contributed by atoms with van der Waals surface area (Å²) in [5.41, 5.74) is 8.27. The Bertz CT molecular complexity index is 952. The third-order valence-corrected chi connectivity index (χ3v) is 4.17. The van der Waals surface area contributed by atoms with Crippen molar-refractivity contribution in [2.75, 3.05) is 26.1 Å². The second-order valence-electron chi connectivity index (χ2n) is 6.18. The van der Waals surface area contributed by atoms with Crippen LogP contribution in [-0.2, 0) is 4.79 Å². The van der Waals surface area contributed by atoms with Crippen LogP contribution in [0.3, 0.4) is 0 Å². The number of hydrogen-bond donors (Lipinski definition) is 2. The number of hydrogen-bond acceptors (Lipinski definition) is 6. The minimum Gasteiger partial charge on any atom is -0.495 e. The SMILES string of the molecule is CCOc1cc(C(=CC#N)c2ccc(OC)c(NC(=O)C(C)N)c2)ccc1OC.Cl. The quantitative estimate of drug-likeness (QED) is 0.616. The van der Waals surface area contributed by atoms with Gasteiger partial charge in [-0.05, 0) is 54.8 Å². The van der Waals surface area contributed by atoms with Gasteiger partial charge in [0.2, 0.25) is 5.91 Å². The van der Waals surface area contributed by atoms with E-state index in [0.717, 1.165) is 11.1 Å². The highest BCUT2D eigenvalue weighted by molar-refractivity contribution is 5.96. The molecule has 1 amide bonds. The van der Waals surface area contributed by atoms with E-state index in [9.17, 15) is 10.1 Å². The molecule has 0 aliphatic heterocycles. The largest absolute Gasteiger partial charge is 0.495 e. The van der Waals surface area contributed by atoms with E-state index in [-0.39, 0.29) is 18.3 Å². The second kappa shape index (κ2) is 11.7. The number of ether oxygens (including phenoxy) is 3. The highest BCUT2D eigenvalue weighted by Gasteiger charge is 2.15. The fourth-order valence-electron chi connectivity index (χ4n) is 2.73. The molecular weight excluding hydrogens is 406 g/mol. The van der Waals surface area contributed by atoms with Crippen LogP contribution in [0, 0.1) is 11.3 Å². The molecule has 0 fully saturated rings. The monoisotopic (exact) mass is 431 g/mol. The smallest absolute Gasteiger partial charge is 0.241 e. The summed E-state index contributed by atoms with van der Waals surface area (Å²) in [6, 6.07) is 12.1. The molecule has 7 nitrogen and oxygen atoms in total. The number of anilines is 1. The lowest BCUT2D eigenvalue weighted by molar-refractivity contribution is -0.117. The van der Waals surface area contributed by atoms with Gasteiger partial charge >= 0.3 is 0 Å². The van der Waals surface area contributed by atoms with E-state index in [0.29, 0.717) is 35.1 Å². The molecular formula is C22H26ClN3O4. The third kappa shape index (κ3) is 5.89. The molecule has 160 valence electrons. The Kier molecular flexibility index (Phi) is 9.69. The minimum atomic E-state index is -0.673. The molecule has 0 saturated carbocycles. The Morgan fingerprint density at radius 3 is 2.27 bits per heavy atom. The number of carbonyl (C=O) groups is 1. The number of nitrogens with one attached hydrogen (secondary N) is 1. The number of methoxy groups -OCH3 is 2. The number of nitrogens with zero attached hydrogens (tertiary/aromatic N) is 1. The number of rotatable bonds is 8. The van der Waals surface area contributed by atoms with Gasteiger partial charge in [0.1, 0.15) is 5.75 Å². The van der Waals surface area contributed by atoms with Gasteiger partial charge in [0.05, 0.1) is 38.6 Å². The topological polar surface area (TPSA) is 107 Å². The first kappa shape index (κ1) is 24.8. The summed E-state index contributed by atoms with van der Waals surface area (Å²) in [6.45, 7) is 3.96. The Labute approximate surface area is 182 Å². The van der Waals surface area contributed by atoms with Crippen molar-refractivity contribution in [1.82, 2.24) is 0 Å². The van der Waals surface area contributed by atoms with Gasteiger partial charge in [0.25, 0.3) is 0 Å². The molecule has 2 aromatic rings. The average molecular weight is 432 g/mol. The fourth-order valence-corrected chi connectivity index (χ4v) is 2.73. The summed E-state index contributed by atoms with van der Waals surface area (Å²) in [4.78, 5) is 12.1. The number of benzene rings is 2. The van der Waals surface area contributed by atoms with Crippen molar-refractivity contribution in [3.8, 4) is 23.3 Å². The molecule has 2 aromatic carbocycles. The van der Waals surface area contributed by atoms with Crippen molar-refractivity contribution in [1.29, 1.82) is 5.26 Å². The Balaban J connectivity index is 0.00000450. The molecule has 0 aromatic heterocycles. The van der Waals surface area contributed by atoms with E-state index in [1.165, 1.54) is 13.2 Å². The number of nitrogens with two attached hydrogens (primary N) is 1. The summed E-state index contributed by atoms with van der Waals surface area (Å²) < 4.78 is 16.3. The van der Waals surface area contributed by atoms with E-state index in [2.05, 4.69) is 11.4 Å². The Morgan fingerprint density at radius 2 is 1.73 bits per heavy atom. The van der Waals surface area contributed by atoms with Gasteiger partial charge < -0.3 is 25.3 Å². The minimum absolute atomic E-state index is 0. The molecule has 0 aliphatic carbocycles. The lowest BCUT2D eigenvalue weighted by Crippen LogP contribution is -2.32. The zero-order valence-electron chi connectivity index (χ0n) is 17.4. The van der Waals surface area contributed by atoms with Gasteiger partial charge in [-0.1, -0.05) is 12.1 Å². The van der Waals surface area contributed by atoms with Crippen molar-refractivity contribution in [2.45, 2.75) is 19.9 Å². The normalized spacial score (nSPS) is 11.5. The first-order chi connectivity index (χ1) is 13.9. The average Bonchev–Trinajstić information content (AvgIpc) is 2.72. The lowest BCUT2D eigenvalue weighted by Gasteiger charge is -2.16. The van der Waals surface area contributed by atoms with Gasteiger partial charge in [0, 0.05) is 6.08 Å². The lowest BCUT2D eigenvalue weighted by atomic mass is 9.96. The van der Waals surface area contributed by atoms with Gasteiger partial charge in [0.15, 0.2) is 11.5 Å². The molecule has 30 heavy (non-hydrogen) atoms. The first-order valence-electron chi connectivity index (χ1n) is 9.11. The number of halogens is 1. The molecule has 0 saturated heterocycles. The van der Waals surface area contributed by atoms with Crippen molar-refractivity contribution in [2.24, 2.45) is 5.73 Å². The standard InChI is InChI=1S/C22H25N3O4.ClH/c1-5-29-21-13-16(7-9-20(21)28-4)17(10-11-23)15-6-8-19(27-3)18(12-15)25-22(26)14(2)24;/h6-10,12-14H,5,24H2,1-4H3,(H,25,26);1H. The molecule has 0 heterocycles. The predicted octanol–water partition coefficient (Wildman–Crippen LogP) is 3.77. The Morgan fingerprint density at radius 1 is 1.13 bits per heavy atom. The summed E-state index contributed by atoms with van der Waals surface area (Å²) in [6.07, 6.45) is 1.44. The molecule has 0 aliphatic rings. The third-order valence-electron chi connectivity index (χ3n) is 4.17. The highest BCUT2D eigenvalue weighted by Crippen LogP contribution is 2.35. The molecule has 0 radical (unpaired) electrons. The van der Waals surface area contributed by atoms with Gasteiger partial charge in [-0.3, -0.25) is 4.79 Å². The van der Waals surface area contributed by atoms with Crippen LogP contribution < -0.4 is 25.3 Å². The first-order valence-corrected chi connectivity index (χ1v) is 9.11. The van der Waals surface area contributed by atoms with Crippen LogP contribution in [0.5, 0.6) is 17.2 Å². The van der Waals surface area contributed by atoms with Crippen molar-refractivity contribution >= 4 is 29.6 Å².